The number of aromatic nitrogens is 4. The van der Waals surface area contributed by atoms with Gasteiger partial charge in [0.05, 0.1) is 24.8 Å². The Morgan fingerprint density at radius 2 is 0.833 bits per heavy atom. The minimum Gasteiger partial charge on any atom is -0.505 e. The molecule has 2 aromatic heterocycles. The highest BCUT2D eigenvalue weighted by atomic mass is 19.3. The van der Waals surface area contributed by atoms with E-state index < -0.39 is 0 Å². The van der Waals surface area contributed by atoms with Gasteiger partial charge in [0.15, 0.2) is 11.5 Å². The van der Waals surface area contributed by atoms with Crippen molar-refractivity contribution in [2.24, 2.45) is 0 Å². The van der Waals surface area contributed by atoms with Crippen LogP contribution in [-0.2, 0) is 0 Å². The van der Waals surface area contributed by atoms with Crippen molar-refractivity contribution in [2.45, 2.75) is 0 Å². The van der Waals surface area contributed by atoms with Crippen LogP contribution in [-0.4, -0.2) is 40.8 Å². The van der Waals surface area contributed by atoms with E-state index in [0.717, 1.165) is 0 Å². The quantitative estimate of drug-likeness (QED) is 0.526. The maximum Gasteiger partial charge on any atom is 0.152 e. The van der Waals surface area contributed by atoms with Gasteiger partial charge in [-0.25, -0.2) is 30.6 Å². The number of hydrogen-bond donors (Lipinski definition) is 4. The predicted molar refractivity (Wildman–Crippen MR) is 54.0 cm³/mol. The minimum absolute atomic E-state index is 0.0995. The summed E-state index contributed by atoms with van der Waals surface area (Å²) in [6.45, 7) is 0. The molecule has 8 nitrogen and oxygen atoms in total. The third kappa shape index (κ3) is 11.6. The molecule has 18 heavy (non-hydrogen) atoms. The summed E-state index contributed by atoms with van der Waals surface area (Å²) in [5.74, 6) is 0.199. The number of rotatable bonds is 0. The van der Waals surface area contributed by atoms with Crippen molar-refractivity contribution in [1.29, 1.82) is 0 Å². The second-order valence-corrected chi connectivity index (χ2v) is 2.19. The van der Waals surface area contributed by atoms with E-state index in [1.54, 1.807) is 0 Å². The van der Waals surface area contributed by atoms with Crippen molar-refractivity contribution in [1.82, 2.24) is 19.9 Å². The minimum atomic E-state index is 0.0995. The zero-order valence-electron chi connectivity index (χ0n) is 8.80. The standard InChI is InChI=1S/2C4H4N2O.2FHO/c2*7-4-1-5-3-6-2-4;2*1-2/h2*1-3,7H;2*2H. The molecule has 4 N–H and O–H groups in total. The van der Waals surface area contributed by atoms with E-state index in [9.17, 15) is 0 Å². The smallest absolute Gasteiger partial charge is 0.152 e. The maximum absolute atomic E-state index is 8.51. The molecule has 0 aromatic carbocycles. The molecule has 0 aliphatic rings. The van der Waals surface area contributed by atoms with Gasteiger partial charge in [-0.2, -0.15) is 0 Å². The summed E-state index contributed by atoms with van der Waals surface area (Å²) in [4.78, 5) is 14.1. The number of nitrogens with zero attached hydrogens (tertiary/aromatic N) is 4. The van der Waals surface area contributed by atoms with Crippen LogP contribution in [0, 0.1) is 0 Å². The van der Waals surface area contributed by atoms with E-state index in [1.165, 1.54) is 37.4 Å². The van der Waals surface area contributed by atoms with Crippen LogP contribution in [0.2, 0.25) is 0 Å². The van der Waals surface area contributed by atoms with Gasteiger partial charge in [-0.3, -0.25) is 0 Å². The highest BCUT2D eigenvalue weighted by molar-refractivity contribution is 5.06. The fraction of sp³-hybridized carbons (Fsp3) is 0. The summed E-state index contributed by atoms with van der Waals surface area (Å²) >= 11 is 0. The Bertz CT molecular complexity index is 330. The van der Waals surface area contributed by atoms with E-state index in [0.29, 0.717) is 0 Å². The lowest BCUT2D eigenvalue weighted by Gasteiger charge is -1.81. The SMILES string of the molecule is OF.OF.Oc1cncnc1.Oc1cncnc1. The van der Waals surface area contributed by atoms with Gasteiger partial charge in [0, 0.05) is 0 Å². The molecule has 0 aliphatic heterocycles. The van der Waals surface area contributed by atoms with Gasteiger partial charge >= 0.3 is 0 Å². The Labute approximate surface area is 99.7 Å². The fourth-order valence-corrected chi connectivity index (χ4v) is 0.582. The topological polar surface area (TPSA) is 132 Å². The van der Waals surface area contributed by atoms with Crippen molar-refractivity contribution in [3.8, 4) is 11.5 Å². The molecule has 2 aromatic rings. The summed E-state index contributed by atoms with van der Waals surface area (Å²) in [5, 5.41) is 28.0. The lowest BCUT2D eigenvalue weighted by atomic mass is 10.6. The van der Waals surface area contributed by atoms with E-state index in [4.69, 9.17) is 29.9 Å². The first-order valence-electron chi connectivity index (χ1n) is 4.01. The van der Waals surface area contributed by atoms with Gasteiger partial charge in [0.25, 0.3) is 0 Å². The second-order valence-electron chi connectivity index (χ2n) is 2.19. The van der Waals surface area contributed by atoms with Gasteiger partial charge in [-0.15, -0.1) is 0 Å². The Hall–Kier alpha value is -2.46. The monoisotopic (exact) mass is 264 g/mol. The summed E-state index contributed by atoms with van der Waals surface area (Å²) in [5.41, 5.74) is 0. The molecule has 100 valence electrons. The maximum atomic E-state index is 8.51. The molecule has 0 bridgehead atoms. The van der Waals surface area contributed by atoms with E-state index >= 15 is 0 Å². The largest absolute Gasteiger partial charge is 0.505 e. The fourth-order valence-electron chi connectivity index (χ4n) is 0.582. The van der Waals surface area contributed by atoms with Gasteiger partial charge in [-0.05, 0) is 0 Å². The summed E-state index contributed by atoms with van der Waals surface area (Å²) in [6, 6.07) is 0. The van der Waals surface area contributed by atoms with Gasteiger partial charge in [-0.1, -0.05) is 9.05 Å². The predicted octanol–water partition coefficient (Wildman–Crippen LogP) is 0.0908. The van der Waals surface area contributed by atoms with Crippen LogP contribution in [0.25, 0.3) is 0 Å². The molecular formula is C8H10F2N4O4. The van der Waals surface area contributed by atoms with Crippen molar-refractivity contribution in [2.75, 3.05) is 0 Å². The summed E-state index contributed by atoms with van der Waals surface area (Å²) < 4.78 is 17.0. The lowest BCUT2D eigenvalue weighted by molar-refractivity contribution is -0.0442. The molecule has 2 rings (SSSR count). The van der Waals surface area contributed by atoms with Gasteiger partial charge < -0.3 is 10.2 Å². The van der Waals surface area contributed by atoms with Crippen molar-refractivity contribution in [3.05, 3.63) is 37.4 Å². The highest BCUT2D eigenvalue weighted by Gasteiger charge is 1.77. The number of halogens is 2. The van der Waals surface area contributed by atoms with Crippen LogP contribution >= 0.6 is 0 Å². The normalized spacial score (nSPS) is 7.33. The molecule has 0 radical (unpaired) electrons. The average Bonchev–Trinajstić information content (AvgIpc) is 2.46. The molecule has 0 saturated carbocycles. The molecule has 10 heteroatoms. The van der Waals surface area contributed by atoms with E-state index in [-0.39, 0.29) is 11.5 Å². The molecule has 2 heterocycles. The number of aromatic hydroxyl groups is 2. The van der Waals surface area contributed by atoms with Crippen LogP contribution in [0.1, 0.15) is 0 Å². The van der Waals surface area contributed by atoms with E-state index in [2.05, 4.69) is 19.9 Å². The molecule has 0 saturated heterocycles. The highest BCUT2D eigenvalue weighted by Crippen LogP contribution is 1.97. The third-order valence-electron chi connectivity index (χ3n) is 1.09. The van der Waals surface area contributed by atoms with Gasteiger partial charge in [0.2, 0.25) is 0 Å². The lowest BCUT2D eigenvalue weighted by Crippen LogP contribution is -1.70. The molecule has 0 unspecified atom stereocenters. The first-order chi connectivity index (χ1) is 8.79. The molecule has 0 fully saturated rings. The Morgan fingerprint density at radius 3 is 0.944 bits per heavy atom. The number of hydrogen-bond acceptors (Lipinski definition) is 8. The van der Waals surface area contributed by atoms with Crippen molar-refractivity contribution < 1.29 is 29.9 Å². The third-order valence-corrected chi connectivity index (χ3v) is 1.09. The Balaban J connectivity index is 0. The summed E-state index contributed by atoms with van der Waals surface area (Å²) in [7, 11) is 0. The second kappa shape index (κ2) is 14.5. The van der Waals surface area contributed by atoms with Crippen LogP contribution in [0.15, 0.2) is 37.4 Å². The zero-order valence-corrected chi connectivity index (χ0v) is 8.80. The average molecular weight is 264 g/mol. The molecule has 0 aliphatic carbocycles. The Kier molecular flexibility index (Phi) is 14.5. The summed E-state index contributed by atoms with van der Waals surface area (Å²) in [6.07, 6.45) is 8.03. The van der Waals surface area contributed by atoms with Crippen molar-refractivity contribution >= 4 is 0 Å². The molecule has 0 spiro atoms. The Morgan fingerprint density at radius 1 is 0.611 bits per heavy atom. The molecular weight excluding hydrogens is 254 g/mol. The zero-order chi connectivity index (χ0) is 14.2. The molecule has 0 amide bonds. The van der Waals surface area contributed by atoms with Crippen LogP contribution in [0.4, 0.5) is 9.05 Å². The first kappa shape index (κ1) is 17.9. The first-order valence-corrected chi connectivity index (χ1v) is 4.01. The van der Waals surface area contributed by atoms with Crippen LogP contribution in [0.3, 0.4) is 0 Å². The van der Waals surface area contributed by atoms with Gasteiger partial charge in [0.1, 0.15) is 12.7 Å². The van der Waals surface area contributed by atoms with E-state index in [1.807, 2.05) is 0 Å². The van der Waals surface area contributed by atoms with Crippen molar-refractivity contribution in [3.63, 3.8) is 0 Å². The van der Waals surface area contributed by atoms with Crippen LogP contribution < -0.4 is 0 Å². The molecule has 0 atom stereocenters. The van der Waals surface area contributed by atoms with Crippen LogP contribution in [0.5, 0.6) is 11.5 Å².